The largest absolute Gasteiger partial charge is 0.399 e. The van der Waals surface area contributed by atoms with Gasteiger partial charge in [-0.25, -0.2) is 0 Å². The van der Waals surface area contributed by atoms with E-state index in [-0.39, 0.29) is 0 Å². The predicted molar refractivity (Wildman–Crippen MR) is 68.0 cm³/mol. The van der Waals surface area contributed by atoms with Gasteiger partial charge < -0.3 is 10.5 Å². The standard InChI is InChI=1S/C13H17N3O/c1-9-12-3-2-10(14)8-13(12)15-16(9)11-4-6-17-7-5-11/h2-3,8,11H,4-7,14H2,1H3. The van der Waals surface area contributed by atoms with Crippen molar-refractivity contribution >= 4 is 16.6 Å². The molecule has 0 aliphatic carbocycles. The van der Waals surface area contributed by atoms with E-state index in [0.29, 0.717) is 6.04 Å². The fraction of sp³-hybridized carbons (Fsp3) is 0.462. The molecule has 2 heterocycles. The Bertz CT molecular complexity index is 541. The van der Waals surface area contributed by atoms with Crippen LogP contribution >= 0.6 is 0 Å². The molecule has 1 fully saturated rings. The molecule has 0 spiro atoms. The molecular formula is C13H17N3O. The Morgan fingerprint density at radius 2 is 2.12 bits per heavy atom. The van der Waals surface area contributed by atoms with Crippen molar-refractivity contribution in [3.05, 3.63) is 23.9 Å². The van der Waals surface area contributed by atoms with E-state index in [1.807, 2.05) is 12.1 Å². The lowest BCUT2D eigenvalue weighted by Gasteiger charge is -2.23. The lowest BCUT2D eigenvalue weighted by molar-refractivity contribution is 0.0659. The first-order chi connectivity index (χ1) is 8.25. The second-order valence-corrected chi connectivity index (χ2v) is 4.65. The van der Waals surface area contributed by atoms with Crippen LogP contribution in [-0.4, -0.2) is 23.0 Å². The molecule has 3 rings (SSSR count). The van der Waals surface area contributed by atoms with Crippen LogP contribution in [0.25, 0.3) is 10.9 Å². The fourth-order valence-corrected chi connectivity index (χ4v) is 2.54. The summed E-state index contributed by atoms with van der Waals surface area (Å²) >= 11 is 0. The quantitative estimate of drug-likeness (QED) is 0.766. The van der Waals surface area contributed by atoms with Crippen LogP contribution < -0.4 is 5.73 Å². The number of aryl methyl sites for hydroxylation is 1. The molecule has 2 N–H and O–H groups in total. The number of nitrogen functional groups attached to an aromatic ring is 1. The zero-order chi connectivity index (χ0) is 11.8. The van der Waals surface area contributed by atoms with Crippen molar-refractivity contribution in [1.82, 2.24) is 9.78 Å². The third kappa shape index (κ3) is 1.78. The first-order valence-corrected chi connectivity index (χ1v) is 6.08. The molecule has 0 radical (unpaired) electrons. The molecule has 0 bridgehead atoms. The van der Waals surface area contributed by atoms with Crippen molar-refractivity contribution in [3.8, 4) is 0 Å². The lowest BCUT2D eigenvalue weighted by atomic mass is 10.1. The number of rotatable bonds is 1. The number of fused-ring (bicyclic) bond motifs is 1. The minimum Gasteiger partial charge on any atom is -0.399 e. The van der Waals surface area contributed by atoms with Gasteiger partial charge in [-0.15, -0.1) is 0 Å². The highest BCUT2D eigenvalue weighted by Crippen LogP contribution is 2.27. The molecule has 1 aliphatic rings. The highest BCUT2D eigenvalue weighted by molar-refractivity contribution is 5.84. The Balaban J connectivity index is 2.07. The summed E-state index contributed by atoms with van der Waals surface area (Å²) in [6.45, 7) is 3.80. The van der Waals surface area contributed by atoms with Gasteiger partial charge in [0.05, 0.1) is 11.6 Å². The average molecular weight is 231 g/mol. The Morgan fingerprint density at radius 1 is 1.35 bits per heavy atom. The van der Waals surface area contributed by atoms with Gasteiger partial charge in [0.25, 0.3) is 0 Å². The molecule has 90 valence electrons. The van der Waals surface area contributed by atoms with Crippen LogP contribution in [0.4, 0.5) is 5.69 Å². The highest BCUT2D eigenvalue weighted by atomic mass is 16.5. The Morgan fingerprint density at radius 3 is 2.88 bits per heavy atom. The smallest absolute Gasteiger partial charge is 0.0946 e. The minimum atomic E-state index is 0.470. The molecule has 0 saturated carbocycles. The number of anilines is 1. The van der Waals surface area contributed by atoms with E-state index in [4.69, 9.17) is 10.5 Å². The highest BCUT2D eigenvalue weighted by Gasteiger charge is 2.19. The summed E-state index contributed by atoms with van der Waals surface area (Å²) in [5.41, 5.74) is 8.79. The normalized spacial score (nSPS) is 17.7. The number of benzene rings is 1. The molecule has 17 heavy (non-hydrogen) atoms. The van der Waals surface area contributed by atoms with Crippen LogP contribution in [-0.2, 0) is 4.74 Å². The average Bonchev–Trinajstić information content (AvgIpc) is 2.67. The maximum absolute atomic E-state index is 5.79. The van der Waals surface area contributed by atoms with Gasteiger partial charge in [-0.1, -0.05) is 0 Å². The van der Waals surface area contributed by atoms with Gasteiger partial charge in [0, 0.05) is 30.0 Å². The summed E-state index contributed by atoms with van der Waals surface area (Å²) in [5, 5.41) is 5.88. The summed E-state index contributed by atoms with van der Waals surface area (Å²) in [5.74, 6) is 0. The van der Waals surface area contributed by atoms with E-state index < -0.39 is 0 Å². The molecule has 0 amide bonds. The van der Waals surface area contributed by atoms with Crippen LogP contribution in [0.1, 0.15) is 24.6 Å². The van der Waals surface area contributed by atoms with Gasteiger partial charge in [-0.3, -0.25) is 4.68 Å². The SMILES string of the molecule is Cc1c2ccc(N)cc2nn1C1CCOCC1. The van der Waals surface area contributed by atoms with E-state index in [0.717, 1.165) is 37.3 Å². The number of hydrogen-bond donors (Lipinski definition) is 1. The molecule has 0 atom stereocenters. The van der Waals surface area contributed by atoms with Gasteiger partial charge in [-0.05, 0) is 38.0 Å². The molecule has 4 heteroatoms. The summed E-state index contributed by atoms with van der Waals surface area (Å²) < 4.78 is 7.54. The number of ether oxygens (including phenoxy) is 1. The Labute approximate surface area is 100 Å². The summed E-state index contributed by atoms with van der Waals surface area (Å²) in [7, 11) is 0. The third-order valence-electron chi connectivity index (χ3n) is 3.51. The Kier molecular flexibility index (Phi) is 2.52. The van der Waals surface area contributed by atoms with E-state index in [1.165, 1.54) is 11.1 Å². The van der Waals surface area contributed by atoms with Gasteiger partial charge >= 0.3 is 0 Å². The molecule has 2 aromatic rings. The first-order valence-electron chi connectivity index (χ1n) is 6.08. The van der Waals surface area contributed by atoms with Crippen molar-refractivity contribution in [2.24, 2.45) is 0 Å². The summed E-state index contributed by atoms with van der Waals surface area (Å²) in [6, 6.07) is 6.41. The molecule has 1 aromatic heterocycles. The van der Waals surface area contributed by atoms with Gasteiger partial charge in [0.1, 0.15) is 0 Å². The first kappa shape index (κ1) is 10.6. The topological polar surface area (TPSA) is 53.1 Å². The maximum Gasteiger partial charge on any atom is 0.0946 e. The van der Waals surface area contributed by atoms with Crippen molar-refractivity contribution in [1.29, 1.82) is 0 Å². The van der Waals surface area contributed by atoms with Crippen LogP contribution in [0, 0.1) is 6.92 Å². The van der Waals surface area contributed by atoms with E-state index in [9.17, 15) is 0 Å². The number of nitrogens with zero attached hydrogens (tertiary/aromatic N) is 2. The van der Waals surface area contributed by atoms with Crippen LogP contribution in [0.2, 0.25) is 0 Å². The van der Waals surface area contributed by atoms with Gasteiger partial charge in [0.2, 0.25) is 0 Å². The molecule has 1 aromatic carbocycles. The second kappa shape index (κ2) is 4.04. The Hall–Kier alpha value is -1.55. The van der Waals surface area contributed by atoms with Crippen LogP contribution in [0.3, 0.4) is 0 Å². The van der Waals surface area contributed by atoms with Crippen LogP contribution in [0.5, 0.6) is 0 Å². The second-order valence-electron chi connectivity index (χ2n) is 4.65. The summed E-state index contributed by atoms with van der Waals surface area (Å²) in [4.78, 5) is 0. The third-order valence-corrected chi connectivity index (χ3v) is 3.51. The summed E-state index contributed by atoms with van der Waals surface area (Å²) in [6.07, 6.45) is 2.09. The minimum absolute atomic E-state index is 0.470. The van der Waals surface area contributed by atoms with Crippen molar-refractivity contribution in [2.75, 3.05) is 18.9 Å². The number of hydrogen-bond acceptors (Lipinski definition) is 3. The van der Waals surface area contributed by atoms with Crippen molar-refractivity contribution in [2.45, 2.75) is 25.8 Å². The van der Waals surface area contributed by atoms with Gasteiger partial charge in [-0.2, -0.15) is 5.10 Å². The van der Waals surface area contributed by atoms with Crippen LogP contribution in [0.15, 0.2) is 18.2 Å². The van der Waals surface area contributed by atoms with E-state index in [1.54, 1.807) is 0 Å². The molecule has 0 unspecified atom stereocenters. The molecular weight excluding hydrogens is 214 g/mol. The van der Waals surface area contributed by atoms with E-state index in [2.05, 4.69) is 22.8 Å². The van der Waals surface area contributed by atoms with E-state index >= 15 is 0 Å². The monoisotopic (exact) mass is 231 g/mol. The maximum atomic E-state index is 5.79. The predicted octanol–water partition coefficient (Wildman–Crippen LogP) is 2.28. The zero-order valence-electron chi connectivity index (χ0n) is 10.0. The number of aromatic nitrogens is 2. The van der Waals surface area contributed by atoms with Gasteiger partial charge in [0.15, 0.2) is 0 Å². The number of nitrogens with two attached hydrogens (primary N) is 1. The molecule has 1 saturated heterocycles. The zero-order valence-corrected chi connectivity index (χ0v) is 10.0. The van der Waals surface area contributed by atoms with Crippen molar-refractivity contribution < 1.29 is 4.74 Å². The lowest BCUT2D eigenvalue weighted by Crippen LogP contribution is -2.21. The fourth-order valence-electron chi connectivity index (χ4n) is 2.54. The molecule has 1 aliphatic heterocycles. The molecule has 4 nitrogen and oxygen atoms in total. The van der Waals surface area contributed by atoms with Crippen molar-refractivity contribution in [3.63, 3.8) is 0 Å².